The number of nitrogens with zero attached hydrogens (tertiary/aromatic N) is 3. The molecule has 0 spiro atoms. The highest BCUT2D eigenvalue weighted by atomic mass is 16.6. The third-order valence-corrected chi connectivity index (χ3v) is 9.90. The number of para-hydroxylation sites is 1. The number of rotatable bonds is 15. The minimum absolute atomic E-state index is 0.0290. The van der Waals surface area contributed by atoms with E-state index >= 15 is 0 Å². The van der Waals surface area contributed by atoms with Crippen LogP contribution in [0.15, 0.2) is 42.1 Å². The van der Waals surface area contributed by atoms with Crippen molar-refractivity contribution in [2.24, 2.45) is 18.4 Å². The van der Waals surface area contributed by atoms with E-state index in [9.17, 15) is 28.8 Å². The number of amides is 4. The normalized spacial score (nSPS) is 14.6. The van der Waals surface area contributed by atoms with Gasteiger partial charge in [-0.1, -0.05) is 72.7 Å². The van der Waals surface area contributed by atoms with Gasteiger partial charge in [0.15, 0.2) is 0 Å². The smallest absolute Gasteiger partial charge is 0.410 e. The summed E-state index contributed by atoms with van der Waals surface area (Å²) in [4.78, 5) is 83.3. The third-order valence-electron chi connectivity index (χ3n) is 9.90. The molecule has 0 radical (unpaired) electrons. The van der Waals surface area contributed by atoms with Crippen molar-refractivity contribution in [2.45, 2.75) is 124 Å². The van der Waals surface area contributed by atoms with Gasteiger partial charge in [-0.3, -0.25) is 24.1 Å². The summed E-state index contributed by atoms with van der Waals surface area (Å²) in [7, 11) is 7.47. The van der Waals surface area contributed by atoms with Gasteiger partial charge in [0.25, 0.3) is 0 Å². The Kier molecular flexibility index (Phi) is 15.9. The molecule has 0 fully saturated rings. The predicted molar refractivity (Wildman–Crippen MR) is 215 cm³/mol. The highest BCUT2D eigenvalue weighted by molar-refractivity contribution is 5.97. The Morgan fingerprint density at radius 2 is 1.46 bits per heavy atom. The summed E-state index contributed by atoms with van der Waals surface area (Å²) in [6, 6.07) is 3.91. The highest BCUT2D eigenvalue weighted by Gasteiger charge is 2.47. The Balaban J connectivity index is 2.56. The number of esters is 2. The third kappa shape index (κ3) is 11.8. The van der Waals surface area contributed by atoms with Gasteiger partial charge in [0.2, 0.25) is 17.7 Å². The summed E-state index contributed by atoms with van der Waals surface area (Å²) in [5.41, 5.74) is -0.605. The lowest BCUT2D eigenvalue weighted by Gasteiger charge is -2.42. The fraction of sp³-hybridized carbons (Fsp3) is 0.619. The van der Waals surface area contributed by atoms with Gasteiger partial charge in [-0.25, -0.2) is 9.59 Å². The molecule has 14 heteroatoms. The van der Waals surface area contributed by atoms with E-state index in [1.54, 1.807) is 40.8 Å². The number of methoxy groups -OCH3 is 2. The number of ether oxygens (including phenoxy) is 3. The minimum Gasteiger partial charge on any atom is -0.469 e. The summed E-state index contributed by atoms with van der Waals surface area (Å²) in [5, 5.41) is 6.58. The van der Waals surface area contributed by atoms with Crippen LogP contribution in [0.5, 0.6) is 0 Å². The molecule has 14 nitrogen and oxygen atoms in total. The lowest BCUT2D eigenvalue weighted by Crippen LogP contribution is -2.63. The van der Waals surface area contributed by atoms with Crippen LogP contribution >= 0.6 is 0 Å². The maximum Gasteiger partial charge on any atom is 0.410 e. The average molecular weight is 784 g/mol. The molecule has 1 aromatic heterocycles. The number of carbonyl (C=O) groups excluding carboxylic acids is 6. The molecular weight excluding hydrogens is 718 g/mol. The van der Waals surface area contributed by atoms with E-state index in [0.717, 1.165) is 16.5 Å². The van der Waals surface area contributed by atoms with Crippen LogP contribution in [0.25, 0.3) is 10.9 Å². The number of aryl methyl sites for hydroxylation is 1. The van der Waals surface area contributed by atoms with E-state index < -0.39 is 76.4 Å². The van der Waals surface area contributed by atoms with Crippen LogP contribution in [0.2, 0.25) is 0 Å². The molecule has 56 heavy (non-hydrogen) atoms. The van der Waals surface area contributed by atoms with Gasteiger partial charge >= 0.3 is 18.0 Å². The summed E-state index contributed by atoms with van der Waals surface area (Å²) in [5.74, 6) is -2.99. The first-order valence-electron chi connectivity index (χ1n) is 18.9. The molecule has 2 N–H and O–H groups in total. The Morgan fingerprint density at radius 3 is 1.98 bits per heavy atom. The zero-order valence-electron chi connectivity index (χ0n) is 36.3. The van der Waals surface area contributed by atoms with Crippen molar-refractivity contribution < 1.29 is 43.0 Å². The standard InChI is InChI=1S/C42H65N5O9/c1-25(2)31(23-26(3)35(49)43-29(38(52)55-16)21-22-32(48)54-15)46(13)37(51)33(40(4,5)6)44-36(50)34(47(14)39(53)56-41(7,8)9)42(10,11)28-24-45(12)30-20-18-17-19-27(28)30/h17-20,23-25,29,31,33-34H,21-22H2,1-16H3,(H,43,49)(H,44,50)/b26-23+/t29-,31+,33?,34+/m0/s1. The van der Waals surface area contributed by atoms with Gasteiger partial charge in [-0.15, -0.1) is 0 Å². The van der Waals surface area contributed by atoms with Crippen LogP contribution < -0.4 is 10.6 Å². The molecule has 1 aromatic carbocycles. The largest absolute Gasteiger partial charge is 0.469 e. The van der Waals surface area contributed by atoms with Crippen molar-refractivity contribution >= 4 is 46.7 Å². The summed E-state index contributed by atoms with van der Waals surface area (Å²) < 4.78 is 17.2. The molecule has 0 aliphatic heterocycles. The number of likely N-dealkylation sites (N-methyl/N-ethyl adjacent to an activating group) is 2. The van der Waals surface area contributed by atoms with Crippen molar-refractivity contribution in [1.82, 2.24) is 25.0 Å². The molecule has 312 valence electrons. The topological polar surface area (TPSA) is 166 Å². The molecule has 1 heterocycles. The summed E-state index contributed by atoms with van der Waals surface area (Å²) >= 11 is 0. The number of hydrogen-bond acceptors (Lipinski definition) is 9. The average Bonchev–Trinajstić information content (AvgIpc) is 3.45. The molecule has 0 aliphatic rings. The number of aromatic nitrogens is 1. The summed E-state index contributed by atoms with van der Waals surface area (Å²) in [6.07, 6.45) is 2.76. The second-order valence-electron chi connectivity index (χ2n) is 17.4. The van der Waals surface area contributed by atoms with Gasteiger partial charge in [0, 0.05) is 55.7 Å². The molecule has 2 rings (SSSR count). The van der Waals surface area contributed by atoms with Crippen LogP contribution in [0.1, 0.15) is 94.6 Å². The maximum absolute atomic E-state index is 14.8. The van der Waals surface area contributed by atoms with Crippen molar-refractivity contribution in [3.8, 4) is 0 Å². The van der Waals surface area contributed by atoms with E-state index in [-0.39, 0.29) is 24.3 Å². The molecule has 0 saturated carbocycles. The fourth-order valence-electron chi connectivity index (χ4n) is 6.76. The number of benzene rings is 1. The van der Waals surface area contributed by atoms with Crippen LogP contribution in [0.4, 0.5) is 4.79 Å². The van der Waals surface area contributed by atoms with E-state index in [1.165, 1.54) is 31.1 Å². The molecule has 2 aromatic rings. The van der Waals surface area contributed by atoms with E-state index in [2.05, 4.69) is 15.4 Å². The molecule has 0 aliphatic carbocycles. The van der Waals surface area contributed by atoms with E-state index in [0.29, 0.717) is 0 Å². The van der Waals surface area contributed by atoms with Gasteiger partial charge in [-0.2, -0.15) is 0 Å². The van der Waals surface area contributed by atoms with Crippen LogP contribution in [0.3, 0.4) is 0 Å². The number of nitrogens with one attached hydrogen (secondary N) is 2. The quantitative estimate of drug-likeness (QED) is 0.139. The Morgan fingerprint density at radius 1 is 0.875 bits per heavy atom. The molecule has 0 bridgehead atoms. The predicted octanol–water partition coefficient (Wildman–Crippen LogP) is 5.26. The van der Waals surface area contributed by atoms with Gasteiger partial charge in [0.05, 0.1) is 20.3 Å². The lowest BCUT2D eigenvalue weighted by atomic mass is 9.76. The van der Waals surface area contributed by atoms with E-state index in [1.807, 2.05) is 90.5 Å². The highest BCUT2D eigenvalue weighted by Crippen LogP contribution is 2.37. The van der Waals surface area contributed by atoms with Crippen molar-refractivity contribution in [3.05, 3.63) is 47.7 Å². The van der Waals surface area contributed by atoms with Crippen LogP contribution in [-0.2, 0) is 50.6 Å². The monoisotopic (exact) mass is 783 g/mol. The number of hydrogen-bond donors (Lipinski definition) is 2. The van der Waals surface area contributed by atoms with E-state index in [4.69, 9.17) is 9.47 Å². The number of fused-ring (bicyclic) bond motifs is 1. The second kappa shape index (κ2) is 18.8. The van der Waals surface area contributed by atoms with Crippen LogP contribution in [0, 0.1) is 11.3 Å². The first-order chi connectivity index (χ1) is 25.7. The van der Waals surface area contributed by atoms with Crippen molar-refractivity contribution in [3.63, 3.8) is 0 Å². The Labute approximate surface area is 332 Å². The molecule has 4 amide bonds. The van der Waals surface area contributed by atoms with Crippen molar-refractivity contribution in [2.75, 3.05) is 28.3 Å². The molecule has 0 saturated heterocycles. The van der Waals surface area contributed by atoms with Gasteiger partial charge in [-0.05, 0) is 57.1 Å². The fourth-order valence-corrected chi connectivity index (χ4v) is 6.76. The zero-order valence-corrected chi connectivity index (χ0v) is 36.3. The van der Waals surface area contributed by atoms with Crippen molar-refractivity contribution in [1.29, 1.82) is 0 Å². The molecular formula is C42H65N5O9. The summed E-state index contributed by atoms with van der Waals surface area (Å²) in [6.45, 7) is 19.9. The zero-order chi connectivity index (χ0) is 43.1. The number of carbonyl (C=O) groups is 6. The first-order valence-corrected chi connectivity index (χ1v) is 18.9. The lowest BCUT2D eigenvalue weighted by molar-refractivity contribution is -0.146. The minimum atomic E-state index is -1.13. The Bertz CT molecular complexity index is 1780. The van der Waals surface area contributed by atoms with Gasteiger partial charge in [0.1, 0.15) is 23.7 Å². The first kappa shape index (κ1) is 47.3. The second-order valence-corrected chi connectivity index (χ2v) is 17.4. The maximum atomic E-state index is 14.8. The van der Waals surface area contributed by atoms with Crippen LogP contribution in [-0.4, -0.2) is 108 Å². The molecule has 4 atom stereocenters. The Hall–Kier alpha value is -4.88. The SMILES string of the molecule is COC(=O)CC[C@H](NC(=O)/C(C)=C/[C@H](C(C)C)N(C)C(=O)C(NC(=O)[C@@H](N(C)C(=O)OC(C)(C)C)C(C)(C)c1cn(C)c2ccccc12)C(C)(C)C)C(=O)OC. The molecule has 1 unspecified atom stereocenters. The van der Waals surface area contributed by atoms with Gasteiger partial charge < -0.3 is 34.3 Å².